The number of pyridine rings is 1. The van der Waals surface area contributed by atoms with E-state index in [1.54, 1.807) is 0 Å². The van der Waals surface area contributed by atoms with E-state index in [0.717, 1.165) is 44.1 Å². The minimum absolute atomic E-state index is 0.276. The summed E-state index contributed by atoms with van der Waals surface area (Å²) in [5.41, 5.74) is -1.14. The van der Waals surface area contributed by atoms with Crippen LogP contribution in [-0.4, -0.2) is 10.8 Å². The maximum absolute atomic E-state index is 12.9. The predicted octanol–water partition coefficient (Wildman–Crippen LogP) is 4.25. The largest absolute Gasteiger partial charge is 0.417 e. The third-order valence-electron chi connectivity index (χ3n) is 3.62. The maximum Gasteiger partial charge on any atom is 0.417 e. The van der Waals surface area contributed by atoms with E-state index in [1.807, 2.05) is 0 Å². The van der Waals surface area contributed by atoms with Crippen LogP contribution in [0, 0.1) is 5.92 Å². The van der Waals surface area contributed by atoms with Crippen molar-refractivity contribution in [2.45, 2.75) is 44.7 Å². The van der Waals surface area contributed by atoms with Gasteiger partial charge in [0, 0.05) is 23.9 Å². The second kappa shape index (κ2) is 5.72. The third kappa shape index (κ3) is 3.33. The van der Waals surface area contributed by atoms with E-state index in [9.17, 15) is 18.0 Å². The van der Waals surface area contributed by atoms with Gasteiger partial charge in [0.15, 0.2) is 5.78 Å². The molecule has 2 nitrogen and oxygen atoms in total. The van der Waals surface area contributed by atoms with E-state index < -0.39 is 17.5 Å². The number of alkyl halides is 3. The lowest BCUT2D eigenvalue weighted by molar-refractivity contribution is -0.138. The highest BCUT2D eigenvalue weighted by Gasteiger charge is 2.36. The number of ketones is 1. The first kappa shape index (κ1) is 14.0. The van der Waals surface area contributed by atoms with Crippen molar-refractivity contribution in [1.82, 2.24) is 4.98 Å². The topological polar surface area (TPSA) is 30.0 Å². The molecule has 0 atom stereocenters. The zero-order valence-electron chi connectivity index (χ0n) is 10.5. The van der Waals surface area contributed by atoms with Crippen molar-refractivity contribution >= 4 is 5.78 Å². The number of carbonyl (C=O) groups excluding carboxylic acids is 1. The molecule has 0 bridgehead atoms. The Morgan fingerprint density at radius 3 is 2.37 bits per heavy atom. The summed E-state index contributed by atoms with van der Waals surface area (Å²) in [5.74, 6) is -0.685. The molecule has 104 valence electrons. The maximum atomic E-state index is 12.9. The molecule has 1 saturated carbocycles. The molecule has 1 aliphatic rings. The molecule has 0 amide bonds. The molecule has 2 rings (SSSR count). The molecule has 1 aromatic rings. The Kier molecular flexibility index (Phi) is 4.22. The van der Waals surface area contributed by atoms with Crippen LogP contribution in [0.1, 0.15) is 54.4 Å². The van der Waals surface area contributed by atoms with Gasteiger partial charge >= 0.3 is 6.18 Å². The lowest BCUT2D eigenvalue weighted by atomic mass is 9.89. The highest BCUT2D eigenvalue weighted by molar-refractivity contribution is 5.99. The number of hydrogen-bond donors (Lipinski definition) is 0. The molecule has 0 aliphatic heterocycles. The van der Waals surface area contributed by atoms with E-state index in [2.05, 4.69) is 4.98 Å². The van der Waals surface area contributed by atoms with Crippen LogP contribution in [-0.2, 0) is 6.18 Å². The Labute approximate surface area is 110 Å². The molecule has 0 aromatic carbocycles. The molecule has 1 fully saturated rings. The second-order valence-electron chi connectivity index (χ2n) is 4.97. The van der Waals surface area contributed by atoms with Crippen molar-refractivity contribution in [3.63, 3.8) is 0 Å². The molecule has 5 heteroatoms. The van der Waals surface area contributed by atoms with Crippen molar-refractivity contribution in [3.05, 3.63) is 29.6 Å². The van der Waals surface area contributed by atoms with Crippen LogP contribution in [0.5, 0.6) is 0 Å². The van der Waals surface area contributed by atoms with Gasteiger partial charge < -0.3 is 0 Å². The standard InChI is InChI=1S/C14H16F3NO/c15-14(16,17)12-7-8-18-9-11(12)13(19)10-5-3-1-2-4-6-10/h7-10H,1-6H2. The summed E-state index contributed by atoms with van der Waals surface area (Å²) < 4.78 is 38.6. The SMILES string of the molecule is O=C(c1cnccc1C(F)(F)F)C1CCCCCC1. The lowest BCUT2D eigenvalue weighted by Crippen LogP contribution is -2.19. The summed E-state index contributed by atoms with van der Waals surface area (Å²) in [6.45, 7) is 0. The summed E-state index contributed by atoms with van der Waals surface area (Å²) in [6.07, 6.45) is 2.94. The number of hydrogen-bond acceptors (Lipinski definition) is 2. The van der Waals surface area contributed by atoms with Crippen molar-refractivity contribution < 1.29 is 18.0 Å². The molecule has 1 aliphatic carbocycles. The third-order valence-corrected chi connectivity index (χ3v) is 3.62. The first-order valence-electron chi connectivity index (χ1n) is 6.55. The quantitative estimate of drug-likeness (QED) is 0.594. The monoisotopic (exact) mass is 271 g/mol. The minimum Gasteiger partial charge on any atom is -0.294 e. The van der Waals surface area contributed by atoms with Crippen LogP contribution >= 0.6 is 0 Å². The van der Waals surface area contributed by atoms with Crippen LogP contribution in [0.15, 0.2) is 18.5 Å². The van der Waals surface area contributed by atoms with Gasteiger partial charge in [-0.05, 0) is 18.9 Å². The molecule has 0 unspecified atom stereocenters. The summed E-state index contributed by atoms with van der Waals surface area (Å²) in [6, 6.07) is 0.879. The number of carbonyl (C=O) groups is 1. The smallest absolute Gasteiger partial charge is 0.294 e. The zero-order chi connectivity index (χ0) is 13.9. The summed E-state index contributed by atoms with van der Waals surface area (Å²) in [4.78, 5) is 16.0. The van der Waals surface area contributed by atoms with Gasteiger partial charge in [0.25, 0.3) is 0 Å². The number of nitrogens with zero attached hydrogens (tertiary/aromatic N) is 1. The van der Waals surface area contributed by atoms with Crippen molar-refractivity contribution in [3.8, 4) is 0 Å². The van der Waals surface area contributed by atoms with E-state index in [-0.39, 0.29) is 11.5 Å². The number of Topliss-reactive ketones (excluding diaryl/α,β-unsaturated/α-hetero) is 1. The van der Waals surface area contributed by atoms with Crippen LogP contribution in [0.25, 0.3) is 0 Å². The van der Waals surface area contributed by atoms with Gasteiger partial charge in [-0.1, -0.05) is 25.7 Å². The Hall–Kier alpha value is -1.39. The number of rotatable bonds is 2. The number of halogens is 3. The first-order chi connectivity index (χ1) is 9.00. The highest BCUT2D eigenvalue weighted by atomic mass is 19.4. The summed E-state index contributed by atoms with van der Waals surface area (Å²) in [5, 5.41) is 0. The fourth-order valence-electron chi connectivity index (χ4n) is 2.60. The molecule has 0 N–H and O–H groups in total. The predicted molar refractivity (Wildman–Crippen MR) is 64.8 cm³/mol. The first-order valence-corrected chi connectivity index (χ1v) is 6.55. The van der Waals surface area contributed by atoms with Crippen molar-refractivity contribution in [2.75, 3.05) is 0 Å². The Morgan fingerprint density at radius 1 is 1.16 bits per heavy atom. The van der Waals surface area contributed by atoms with Gasteiger partial charge in [0.2, 0.25) is 0 Å². The Morgan fingerprint density at radius 2 is 1.79 bits per heavy atom. The van der Waals surface area contributed by atoms with E-state index in [1.165, 1.54) is 0 Å². The molecular formula is C14H16F3NO. The van der Waals surface area contributed by atoms with E-state index in [0.29, 0.717) is 12.8 Å². The van der Waals surface area contributed by atoms with Crippen LogP contribution in [0.3, 0.4) is 0 Å². The molecule has 0 spiro atoms. The summed E-state index contributed by atoms with van der Waals surface area (Å²) in [7, 11) is 0. The van der Waals surface area contributed by atoms with Gasteiger partial charge in [-0.25, -0.2) is 0 Å². The van der Waals surface area contributed by atoms with Gasteiger partial charge in [0.1, 0.15) is 0 Å². The Balaban J connectivity index is 2.28. The van der Waals surface area contributed by atoms with Gasteiger partial charge in [-0.3, -0.25) is 9.78 Å². The average molecular weight is 271 g/mol. The molecule has 19 heavy (non-hydrogen) atoms. The second-order valence-corrected chi connectivity index (χ2v) is 4.97. The van der Waals surface area contributed by atoms with Crippen molar-refractivity contribution in [2.24, 2.45) is 5.92 Å². The van der Waals surface area contributed by atoms with Crippen LogP contribution < -0.4 is 0 Å². The van der Waals surface area contributed by atoms with Gasteiger partial charge in [-0.2, -0.15) is 13.2 Å². The summed E-state index contributed by atoms with van der Waals surface area (Å²) >= 11 is 0. The number of aromatic nitrogens is 1. The normalized spacial score (nSPS) is 18.1. The van der Waals surface area contributed by atoms with Gasteiger partial charge in [0.05, 0.1) is 5.56 Å². The fourth-order valence-corrected chi connectivity index (χ4v) is 2.60. The average Bonchev–Trinajstić information content (AvgIpc) is 2.66. The van der Waals surface area contributed by atoms with Crippen LogP contribution in [0.2, 0.25) is 0 Å². The minimum atomic E-state index is -4.50. The molecule has 0 saturated heterocycles. The molecular weight excluding hydrogens is 255 g/mol. The molecule has 1 aromatic heterocycles. The molecule has 0 radical (unpaired) electrons. The van der Waals surface area contributed by atoms with E-state index >= 15 is 0 Å². The Bertz CT molecular complexity index is 448. The van der Waals surface area contributed by atoms with Crippen molar-refractivity contribution in [1.29, 1.82) is 0 Å². The van der Waals surface area contributed by atoms with Crippen LogP contribution in [0.4, 0.5) is 13.2 Å². The highest BCUT2D eigenvalue weighted by Crippen LogP contribution is 2.34. The zero-order valence-corrected chi connectivity index (χ0v) is 10.5. The van der Waals surface area contributed by atoms with Gasteiger partial charge in [-0.15, -0.1) is 0 Å². The molecule has 1 heterocycles. The fraction of sp³-hybridized carbons (Fsp3) is 0.571. The van der Waals surface area contributed by atoms with E-state index in [4.69, 9.17) is 0 Å². The lowest BCUT2D eigenvalue weighted by Gasteiger charge is -2.16.